The molecule has 0 spiro atoms. The Bertz CT molecular complexity index is 398. The van der Waals surface area contributed by atoms with Crippen LogP contribution in [-0.4, -0.2) is 30.9 Å². The molecule has 0 radical (unpaired) electrons. The maximum Gasteiger partial charge on any atom is 0.238 e. The lowest BCUT2D eigenvalue weighted by Gasteiger charge is -2.17. The molecule has 1 aromatic rings. The summed E-state index contributed by atoms with van der Waals surface area (Å²) in [4.78, 5) is 14.0. The van der Waals surface area contributed by atoms with Crippen molar-refractivity contribution >= 4 is 17.3 Å². The van der Waals surface area contributed by atoms with Crippen molar-refractivity contribution in [3.63, 3.8) is 0 Å². The van der Waals surface area contributed by atoms with E-state index in [-0.39, 0.29) is 5.91 Å². The molecular formula is C15H25N3O. The second kappa shape index (κ2) is 7.79. The van der Waals surface area contributed by atoms with Gasteiger partial charge in [0.05, 0.1) is 17.9 Å². The molecule has 0 bridgehead atoms. The molecule has 0 unspecified atom stereocenters. The third-order valence-electron chi connectivity index (χ3n) is 3.13. The van der Waals surface area contributed by atoms with Gasteiger partial charge in [0.2, 0.25) is 5.91 Å². The Balaban J connectivity index is 2.47. The molecule has 0 aliphatic rings. The molecule has 0 atom stereocenters. The lowest BCUT2D eigenvalue weighted by molar-refractivity contribution is -0.117. The van der Waals surface area contributed by atoms with Crippen LogP contribution in [0.5, 0.6) is 0 Å². The Morgan fingerprint density at radius 3 is 2.74 bits per heavy atom. The molecule has 0 aliphatic heterocycles. The fourth-order valence-electron chi connectivity index (χ4n) is 2.00. The van der Waals surface area contributed by atoms with Gasteiger partial charge in [0.25, 0.3) is 0 Å². The van der Waals surface area contributed by atoms with Gasteiger partial charge >= 0.3 is 0 Å². The van der Waals surface area contributed by atoms with Crippen molar-refractivity contribution in [2.24, 2.45) is 0 Å². The summed E-state index contributed by atoms with van der Waals surface area (Å²) in [5.41, 5.74) is 8.20. The van der Waals surface area contributed by atoms with Crippen molar-refractivity contribution in [3.8, 4) is 0 Å². The van der Waals surface area contributed by atoms with Crippen molar-refractivity contribution in [1.82, 2.24) is 4.90 Å². The quantitative estimate of drug-likeness (QED) is 0.587. The summed E-state index contributed by atoms with van der Waals surface area (Å²) < 4.78 is 0. The van der Waals surface area contributed by atoms with Crippen LogP contribution in [0.3, 0.4) is 0 Å². The maximum atomic E-state index is 12.0. The summed E-state index contributed by atoms with van der Waals surface area (Å²) in [6.45, 7) is 5.46. The molecule has 0 saturated carbocycles. The third kappa shape index (κ3) is 5.30. The Hall–Kier alpha value is -1.55. The van der Waals surface area contributed by atoms with E-state index >= 15 is 0 Å². The Labute approximate surface area is 116 Å². The van der Waals surface area contributed by atoms with E-state index in [2.05, 4.69) is 12.2 Å². The topological polar surface area (TPSA) is 58.4 Å². The molecule has 3 N–H and O–H groups in total. The molecule has 1 aromatic carbocycles. The molecule has 0 saturated heterocycles. The van der Waals surface area contributed by atoms with Crippen LogP contribution in [-0.2, 0) is 4.79 Å². The number of carbonyl (C=O) groups excluding carboxylic acids is 1. The average molecular weight is 263 g/mol. The van der Waals surface area contributed by atoms with Crippen molar-refractivity contribution in [3.05, 3.63) is 23.8 Å². The van der Waals surface area contributed by atoms with Gasteiger partial charge in [0.15, 0.2) is 0 Å². The third-order valence-corrected chi connectivity index (χ3v) is 3.13. The molecular weight excluding hydrogens is 238 g/mol. The molecule has 4 nitrogen and oxygen atoms in total. The number of nitrogens with one attached hydrogen (secondary N) is 1. The number of likely N-dealkylation sites (N-methyl/N-ethyl adjacent to an activating group) is 1. The van der Waals surface area contributed by atoms with Crippen LogP contribution in [0.2, 0.25) is 0 Å². The summed E-state index contributed by atoms with van der Waals surface area (Å²) in [6, 6.07) is 5.63. The molecule has 0 heterocycles. The number of benzene rings is 1. The number of anilines is 2. The van der Waals surface area contributed by atoms with Crippen LogP contribution in [0, 0.1) is 6.92 Å². The summed E-state index contributed by atoms with van der Waals surface area (Å²) in [5.74, 6) is -0.0139. The van der Waals surface area contributed by atoms with Gasteiger partial charge in [-0.25, -0.2) is 0 Å². The number of amides is 1. The summed E-state index contributed by atoms with van der Waals surface area (Å²) >= 11 is 0. The van der Waals surface area contributed by atoms with E-state index in [1.807, 2.05) is 31.0 Å². The number of carbonyl (C=O) groups is 1. The van der Waals surface area contributed by atoms with Crippen molar-refractivity contribution < 1.29 is 4.79 Å². The van der Waals surface area contributed by atoms with Gasteiger partial charge in [0, 0.05) is 0 Å². The van der Waals surface area contributed by atoms with Gasteiger partial charge in [0.1, 0.15) is 0 Å². The van der Waals surface area contributed by atoms with E-state index in [4.69, 9.17) is 5.73 Å². The maximum absolute atomic E-state index is 12.0. The van der Waals surface area contributed by atoms with Gasteiger partial charge in [-0.15, -0.1) is 0 Å². The number of hydrogen-bond acceptors (Lipinski definition) is 3. The number of nitrogens with two attached hydrogens (primary N) is 1. The van der Waals surface area contributed by atoms with Crippen LogP contribution in [0.25, 0.3) is 0 Å². The lowest BCUT2D eigenvalue weighted by Crippen LogP contribution is -2.31. The first-order valence-electron chi connectivity index (χ1n) is 6.88. The predicted molar refractivity (Wildman–Crippen MR) is 81.2 cm³/mol. The van der Waals surface area contributed by atoms with E-state index in [1.54, 1.807) is 6.07 Å². The minimum atomic E-state index is -0.0139. The van der Waals surface area contributed by atoms with Gasteiger partial charge in [-0.05, 0) is 38.6 Å². The molecule has 106 valence electrons. The van der Waals surface area contributed by atoms with Crippen LogP contribution >= 0.6 is 0 Å². The Kier molecular flexibility index (Phi) is 6.36. The standard InChI is InChI=1S/C15H25N3O/c1-4-5-6-10-18(3)11-14(19)17-15-12(2)8-7-9-13(15)16/h7-9H,4-6,10-11,16H2,1-3H3,(H,17,19). The molecule has 1 amide bonds. The zero-order valence-corrected chi connectivity index (χ0v) is 12.2. The molecule has 0 aromatic heterocycles. The number of nitrogens with zero attached hydrogens (tertiary/aromatic N) is 1. The van der Waals surface area contributed by atoms with Crippen molar-refractivity contribution in [2.75, 3.05) is 31.2 Å². The van der Waals surface area contributed by atoms with Crippen molar-refractivity contribution in [1.29, 1.82) is 0 Å². The number of rotatable bonds is 7. The molecule has 4 heteroatoms. The highest BCUT2D eigenvalue weighted by Gasteiger charge is 2.09. The van der Waals surface area contributed by atoms with E-state index < -0.39 is 0 Å². The van der Waals surface area contributed by atoms with Gasteiger partial charge in [-0.3, -0.25) is 9.69 Å². The lowest BCUT2D eigenvalue weighted by atomic mass is 10.1. The highest BCUT2D eigenvalue weighted by atomic mass is 16.2. The van der Waals surface area contributed by atoms with E-state index in [1.165, 1.54) is 12.8 Å². The Morgan fingerprint density at radius 1 is 1.37 bits per heavy atom. The minimum Gasteiger partial charge on any atom is -0.397 e. The second-order valence-electron chi connectivity index (χ2n) is 5.03. The average Bonchev–Trinajstić information content (AvgIpc) is 2.34. The molecule has 1 rings (SSSR count). The number of para-hydroxylation sites is 1. The van der Waals surface area contributed by atoms with Crippen molar-refractivity contribution in [2.45, 2.75) is 33.1 Å². The fraction of sp³-hybridized carbons (Fsp3) is 0.533. The summed E-state index contributed by atoms with van der Waals surface area (Å²) in [5, 5.41) is 2.89. The first kappa shape index (κ1) is 15.5. The largest absolute Gasteiger partial charge is 0.397 e. The van der Waals surface area contributed by atoms with Gasteiger partial charge < -0.3 is 11.1 Å². The van der Waals surface area contributed by atoms with E-state index in [0.29, 0.717) is 12.2 Å². The first-order valence-corrected chi connectivity index (χ1v) is 6.88. The van der Waals surface area contributed by atoms with Gasteiger partial charge in [-0.1, -0.05) is 31.9 Å². The minimum absolute atomic E-state index is 0.0139. The zero-order chi connectivity index (χ0) is 14.3. The summed E-state index contributed by atoms with van der Waals surface area (Å²) in [7, 11) is 1.97. The number of unbranched alkanes of at least 4 members (excludes halogenated alkanes) is 2. The van der Waals surface area contributed by atoms with Crippen LogP contribution < -0.4 is 11.1 Å². The highest BCUT2D eigenvalue weighted by molar-refractivity contribution is 5.96. The monoisotopic (exact) mass is 263 g/mol. The number of nitrogen functional groups attached to an aromatic ring is 1. The summed E-state index contributed by atoms with van der Waals surface area (Å²) in [6.07, 6.45) is 3.53. The normalized spacial score (nSPS) is 10.7. The molecule has 0 fully saturated rings. The first-order chi connectivity index (χ1) is 9.04. The smallest absolute Gasteiger partial charge is 0.238 e. The predicted octanol–water partition coefficient (Wildman–Crippen LogP) is 2.64. The number of hydrogen-bond donors (Lipinski definition) is 2. The van der Waals surface area contributed by atoms with Crippen LogP contribution in [0.15, 0.2) is 18.2 Å². The van der Waals surface area contributed by atoms with Crippen LogP contribution in [0.4, 0.5) is 11.4 Å². The molecule has 0 aliphatic carbocycles. The Morgan fingerprint density at radius 2 is 2.11 bits per heavy atom. The zero-order valence-electron chi connectivity index (χ0n) is 12.2. The molecule has 19 heavy (non-hydrogen) atoms. The highest BCUT2D eigenvalue weighted by Crippen LogP contribution is 2.22. The van der Waals surface area contributed by atoms with E-state index in [9.17, 15) is 4.79 Å². The fourth-order valence-corrected chi connectivity index (χ4v) is 2.00. The van der Waals surface area contributed by atoms with Crippen LogP contribution in [0.1, 0.15) is 31.7 Å². The van der Waals surface area contributed by atoms with E-state index in [0.717, 1.165) is 24.2 Å². The second-order valence-corrected chi connectivity index (χ2v) is 5.03. The van der Waals surface area contributed by atoms with Gasteiger partial charge in [-0.2, -0.15) is 0 Å². The number of aryl methyl sites for hydroxylation is 1. The SMILES string of the molecule is CCCCCN(C)CC(=O)Nc1c(C)cccc1N.